The first kappa shape index (κ1) is 22.1. The second kappa shape index (κ2) is 11.6. The van der Waals surface area contributed by atoms with Gasteiger partial charge in [0.25, 0.3) is 5.91 Å². The van der Waals surface area contributed by atoms with Crippen LogP contribution >= 0.6 is 0 Å². The average Bonchev–Trinajstić information content (AvgIpc) is 2.71. The summed E-state index contributed by atoms with van der Waals surface area (Å²) in [6, 6.07) is 12.8. The van der Waals surface area contributed by atoms with E-state index in [9.17, 15) is 9.59 Å². The van der Waals surface area contributed by atoms with Crippen LogP contribution in [0.2, 0.25) is 0 Å². The summed E-state index contributed by atoms with van der Waals surface area (Å²) in [4.78, 5) is 23.9. The number of nitrogens with one attached hydrogen (secondary N) is 1. The van der Waals surface area contributed by atoms with Crippen LogP contribution in [0.4, 0.5) is 5.69 Å². The summed E-state index contributed by atoms with van der Waals surface area (Å²) < 4.78 is 21.4. The fourth-order valence-corrected chi connectivity index (χ4v) is 2.57. The van der Waals surface area contributed by atoms with E-state index in [0.717, 1.165) is 5.56 Å². The van der Waals surface area contributed by atoms with Gasteiger partial charge in [-0.05, 0) is 50.1 Å². The summed E-state index contributed by atoms with van der Waals surface area (Å²) in [7, 11) is 1.52. The van der Waals surface area contributed by atoms with Gasteiger partial charge in [0.2, 0.25) is 0 Å². The Hall–Kier alpha value is -3.22. The number of ether oxygens (including phenoxy) is 4. The Balaban J connectivity index is 1.70. The number of anilines is 1. The monoisotopic (exact) mass is 401 g/mol. The molecule has 0 heterocycles. The molecule has 2 aromatic carbocycles. The summed E-state index contributed by atoms with van der Waals surface area (Å²) in [6.45, 7) is 4.33. The molecule has 7 heteroatoms. The minimum atomic E-state index is -0.460. The lowest BCUT2D eigenvalue weighted by atomic mass is 10.2. The van der Waals surface area contributed by atoms with Crippen molar-refractivity contribution in [2.24, 2.45) is 0 Å². The second-order valence-electron chi connectivity index (χ2n) is 6.24. The highest BCUT2D eigenvalue weighted by atomic mass is 16.5. The Morgan fingerprint density at radius 3 is 2.41 bits per heavy atom. The van der Waals surface area contributed by atoms with Crippen LogP contribution in [-0.2, 0) is 14.3 Å². The zero-order valence-electron chi connectivity index (χ0n) is 17.0. The molecule has 0 spiro atoms. The van der Waals surface area contributed by atoms with Crippen molar-refractivity contribution in [3.63, 3.8) is 0 Å². The quantitative estimate of drug-likeness (QED) is 0.456. The number of benzene rings is 2. The average molecular weight is 401 g/mol. The Bertz CT molecular complexity index is 821. The van der Waals surface area contributed by atoms with Gasteiger partial charge in [-0.1, -0.05) is 18.2 Å². The molecule has 0 radical (unpaired) electrons. The third-order valence-electron chi connectivity index (χ3n) is 3.93. The SMILES string of the molecule is CCOc1ccccc1OCCCC(=O)OCC(=O)Nc1cc(C)ccc1OC. The molecule has 29 heavy (non-hydrogen) atoms. The van der Waals surface area contributed by atoms with Gasteiger partial charge in [0.1, 0.15) is 5.75 Å². The number of carbonyl (C=O) groups excluding carboxylic acids is 2. The molecule has 7 nitrogen and oxygen atoms in total. The fraction of sp³-hybridized carbons (Fsp3) is 0.364. The second-order valence-corrected chi connectivity index (χ2v) is 6.24. The van der Waals surface area contributed by atoms with Crippen molar-refractivity contribution >= 4 is 17.6 Å². The van der Waals surface area contributed by atoms with Crippen LogP contribution in [0.3, 0.4) is 0 Å². The maximum Gasteiger partial charge on any atom is 0.306 e. The topological polar surface area (TPSA) is 83.1 Å². The lowest BCUT2D eigenvalue weighted by molar-refractivity contribution is -0.147. The third kappa shape index (κ3) is 7.37. The van der Waals surface area contributed by atoms with E-state index in [4.69, 9.17) is 18.9 Å². The van der Waals surface area contributed by atoms with Crippen molar-refractivity contribution in [3.8, 4) is 17.2 Å². The van der Waals surface area contributed by atoms with Crippen LogP contribution in [0, 0.1) is 6.92 Å². The number of carbonyl (C=O) groups is 2. The van der Waals surface area contributed by atoms with E-state index >= 15 is 0 Å². The smallest absolute Gasteiger partial charge is 0.306 e. The number of rotatable bonds is 11. The summed E-state index contributed by atoms with van der Waals surface area (Å²) in [5, 5.41) is 2.68. The van der Waals surface area contributed by atoms with E-state index in [-0.39, 0.29) is 13.0 Å². The minimum Gasteiger partial charge on any atom is -0.495 e. The van der Waals surface area contributed by atoms with Gasteiger partial charge in [0, 0.05) is 6.42 Å². The number of hydrogen-bond acceptors (Lipinski definition) is 6. The van der Waals surface area contributed by atoms with Crippen LogP contribution in [0.15, 0.2) is 42.5 Å². The Labute approximate surface area is 170 Å². The lowest BCUT2D eigenvalue weighted by Crippen LogP contribution is -2.21. The largest absolute Gasteiger partial charge is 0.495 e. The Morgan fingerprint density at radius 2 is 1.72 bits per heavy atom. The van der Waals surface area contributed by atoms with E-state index < -0.39 is 11.9 Å². The van der Waals surface area contributed by atoms with Crippen molar-refractivity contribution < 1.29 is 28.5 Å². The molecule has 1 amide bonds. The number of aryl methyl sites for hydroxylation is 1. The van der Waals surface area contributed by atoms with Gasteiger partial charge in [-0.2, -0.15) is 0 Å². The molecular weight excluding hydrogens is 374 g/mol. The summed E-state index contributed by atoms with van der Waals surface area (Å²) in [5.41, 5.74) is 1.51. The normalized spacial score (nSPS) is 10.2. The molecule has 0 atom stereocenters. The molecular formula is C22H27NO6. The Kier molecular flexibility index (Phi) is 8.82. The highest BCUT2D eigenvalue weighted by molar-refractivity contribution is 5.94. The first-order chi connectivity index (χ1) is 14.0. The van der Waals surface area contributed by atoms with Crippen LogP contribution in [0.5, 0.6) is 17.2 Å². The number of methoxy groups -OCH3 is 1. The van der Waals surface area contributed by atoms with Gasteiger partial charge in [-0.3, -0.25) is 9.59 Å². The molecule has 0 saturated heterocycles. The van der Waals surface area contributed by atoms with Gasteiger partial charge >= 0.3 is 5.97 Å². The van der Waals surface area contributed by atoms with Gasteiger partial charge in [0.05, 0.1) is 26.0 Å². The van der Waals surface area contributed by atoms with Crippen molar-refractivity contribution in [2.45, 2.75) is 26.7 Å². The highest BCUT2D eigenvalue weighted by Gasteiger charge is 2.11. The van der Waals surface area contributed by atoms with Crippen LogP contribution < -0.4 is 19.5 Å². The summed E-state index contributed by atoms with van der Waals surface area (Å²) in [5.74, 6) is 0.956. The predicted octanol–water partition coefficient (Wildman–Crippen LogP) is 3.74. The van der Waals surface area contributed by atoms with Gasteiger partial charge in [-0.25, -0.2) is 0 Å². The van der Waals surface area contributed by atoms with Gasteiger partial charge in [-0.15, -0.1) is 0 Å². The van der Waals surface area contributed by atoms with Crippen molar-refractivity contribution in [1.82, 2.24) is 0 Å². The Morgan fingerprint density at radius 1 is 1.00 bits per heavy atom. The number of hydrogen-bond donors (Lipinski definition) is 1. The van der Waals surface area contributed by atoms with E-state index in [1.54, 1.807) is 12.1 Å². The van der Waals surface area contributed by atoms with E-state index in [2.05, 4.69) is 5.32 Å². The van der Waals surface area contributed by atoms with Crippen LogP contribution in [0.25, 0.3) is 0 Å². The van der Waals surface area contributed by atoms with Crippen molar-refractivity contribution in [2.75, 3.05) is 32.2 Å². The zero-order valence-corrected chi connectivity index (χ0v) is 17.0. The van der Waals surface area contributed by atoms with E-state index in [0.29, 0.717) is 42.6 Å². The fourth-order valence-electron chi connectivity index (χ4n) is 2.57. The van der Waals surface area contributed by atoms with Gasteiger partial charge in [0.15, 0.2) is 18.1 Å². The maximum atomic E-state index is 12.0. The number of esters is 1. The first-order valence-electron chi connectivity index (χ1n) is 9.48. The molecule has 0 aliphatic rings. The van der Waals surface area contributed by atoms with E-state index in [1.807, 2.05) is 44.2 Å². The molecule has 2 aromatic rings. The van der Waals surface area contributed by atoms with Crippen molar-refractivity contribution in [3.05, 3.63) is 48.0 Å². The maximum absolute atomic E-state index is 12.0. The summed E-state index contributed by atoms with van der Waals surface area (Å²) in [6.07, 6.45) is 0.616. The standard InChI is InChI=1S/C22H27NO6/c1-4-27-19-8-5-6-9-20(19)28-13-7-10-22(25)29-15-21(24)23-17-14-16(2)11-12-18(17)26-3/h5-6,8-9,11-12,14H,4,7,10,13,15H2,1-3H3,(H,23,24). The van der Waals surface area contributed by atoms with Crippen LogP contribution in [-0.4, -0.2) is 38.8 Å². The molecule has 0 aromatic heterocycles. The first-order valence-corrected chi connectivity index (χ1v) is 9.48. The molecule has 0 aliphatic heterocycles. The zero-order chi connectivity index (χ0) is 21.1. The molecule has 2 rings (SSSR count). The molecule has 0 fully saturated rings. The molecule has 0 bridgehead atoms. The van der Waals surface area contributed by atoms with Crippen molar-refractivity contribution in [1.29, 1.82) is 0 Å². The molecule has 0 unspecified atom stereocenters. The third-order valence-corrected chi connectivity index (χ3v) is 3.93. The lowest BCUT2D eigenvalue weighted by Gasteiger charge is -2.12. The van der Waals surface area contributed by atoms with E-state index in [1.165, 1.54) is 7.11 Å². The van der Waals surface area contributed by atoms with Gasteiger partial charge < -0.3 is 24.3 Å². The molecule has 156 valence electrons. The molecule has 1 N–H and O–H groups in total. The van der Waals surface area contributed by atoms with Crippen LogP contribution in [0.1, 0.15) is 25.3 Å². The summed E-state index contributed by atoms with van der Waals surface area (Å²) >= 11 is 0. The highest BCUT2D eigenvalue weighted by Crippen LogP contribution is 2.26. The number of para-hydroxylation sites is 2. The number of amides is 1. The minimum absolute atomic E-state index is 0.151. The molecule has 0 saturated carbocycles. The predicted molar refractivity (Wildman–Crippen MR) is 110 cm³/mol. The molecule has 0 aliphatic carbocycles.